The van der Waals surface area contributed by atoms with Gasteiger partial charge in [0.25, 0.3) is 5.91 Å². The minimum atomic E-state index is -0.173. The summed E-state index contributed by atoms with van der Waals surface area (Å²) in [5.41, 5.74) is 6.52. The second kappa shape index (κ2) is 5.95. The molecule has 5 rings (SSSR count). The first kappa shape index (κ1) is 16.3. The van der Waals surface area contributed by atoms with Crippen molar-refractivity contribution in [2.24, 2.45) is 17.8 Å². The predicted octanol–water partition coefficient (Wildman–Crippen LogP) is 2.84. The van der Waals surface area contributed by atoms with Gasteiger partial charge in [-0.15, -0.1) is 11.3 Å². The largest absolute Gasteiger partial charge is 0.356 e. The predicted molar refractivity (Wildman–Crippen MR) is 98.8 cm³/mol. The molecular weight excluding hydrogens is 340 g/mol. The molecule has 24 heavy (non-hydrogen) atoms. The summed E-state index contributed by atoms with van der Waals surface area (Å²) in [4.78, 5) is 17.2. The van der Waals surface area contributed by atoms with Gasteiger partial charge in [-0.2, -0.15) is 0 Å². The number of amides is 1. The van der Waals surface area contributed by atoms with Crippen LogP contribution >= 0.6 is 23.6 Å². The summed E-state index contributed by atoms with van der Waals surface area (Å²) in [7, 11) is 0. The van der Waals surface area contributed by atoms with E-state index in [2.05, 4.69) is 21.2 Å². The third kappa shape index (κ3) is 3.04. The first-order chi connectivity index (χ1) is 11.4. The molecule has 4 fully saturated rings. The van der Waals surface area contributed by atoms with E-state index in [9.17, 15) is 4.79 Å². The van der Waals surface area contributed by atoms with Crippen LogP contribution in [-0.4, -0.2) is 21.5 Å². The van der Waals surface area contributed by atoms with Crippen LogP contribution < -0.4 is 16.2 Å². The summed E-state index contributed by atoms with van der Waals surface area (Å²) in [6.07, 6.45) is 7.89. The van der Waals surface area contributed by atoms with Gasteiger partial charge >= 0.3 is 0 Å². The topological polar surface area (TPSA) is 66.0 Å². The minimum Gasteiger partial charge on any atom is -0.356 e. The van der Waals surface area contributed by atoms with Crippen molar-refractivity contribution >= 4 is 34.6 Å². The molecule has 0 saturated heterocycles. The Morgan fingerprint density at radius 3 is 2.21 bits per heavy atom. The Labute approximate surface area is 152 Å². The molecule has 1 amide bonds. The SMILES string of the molecule is Cc1nc(C)c(C(=O)NNC(=S)NC23CC4CC(CC(C4)C2)C3)s1. The summed E-state index contributed by atoms with van der Waals surface area (Å²) in [5, 5.41) is 4.97. The highest BCUT2D eigenvalue weighted by molar-refractivity contribution is 7.80. The first-order valence-electron chi connectivity index (χ1n) is 8.75. The highest BCUT2D eigenvalue weighted by Crippen LogP contribution is 2.55. The zero-order valence-electron chi connectivity index (χ0n) is 14.1. The lowest BCUT2D eigenvalue weighted by molar-refractivity contribution is -0.0102. The van der Waals surface area contributed by atoms with E-state index in [4.69, 9.17) is 12.2 Å². The second-order valence-electron chi connectivity index (χ2n) is 7.88. The van der Waals surface area contributed by atoms with Crippen molar-refractivity contribution in [2.45, 2.75) is 57.9 Å². The fourth-order valence-electron chi connectivity index (χ4n) is 5.45. The van der Waals surface area contributed by atoms with Gasteiger partial charge in [0.2, 0.25) is 0 Å². The molecule has 4 bridgehead atoms. The molecular formula is C17H24N4OS2. The summed E-state index contributed by atoms with van der Waals surface area (Å²) in [6, 6.07) is 0. The van der Waals surface area contributed by atoms with E-state index in [1.807, 2.05) is 13.8 Å². The molecule has 4 saturated carbocycles. The third-order valence-electron chi connectivity index (χ3n) is 5.82. The fourth-order valence-corrected chi connectivity index (χ4v) is 6.53. The number of carbonyl (C=O) groups excluding carboxylic acids is 1. The zero-order chi connectivity index (χ0) is 16.9. The van der Waals surface area contributed by atoms with Gasteiger partial charge in [-0.05, 0) is 82.3 Å². The molecule has 0 radical (unpaired) electrons. The standard InChI is InChI=1S/C17H24N4OS2/c1-9-14(24-10(2)18-9)15(22)20-21-16(23)19-17-6-11-3-12(7-17)5-13(4-11)8-17/h11-13H,3-8H2,1-2H3,(H,20,22)(H2,19,21,23). The lowest BCUT2D eigenvalue weighted by Crippen LogP contribution is -2.62. The van der Waals surface area contributed by atoms with Gasteiger partial charge in [0.05, 0.1) is 10.7 Å². The number of hydrazine groups is 1. The maximum absolute atomic E-state index is 12.3. The summed E-state index contributed by atoms with van der Waals surface area (Å²) in [5.74, 6) is 2.42. The molecule has 4 aliphatic carbocycles. The van der Waals surface area contributed by atoms with Crippen molar-refractivity contribution in [1.29, 1.82) is 0 Å². The smallest absolute Gasteiger partial charge is 0.281 e. The van der Waals surface area contributed by atoms with Crippen LogP contribution in [0.2, 0.25) is 0 Å². The number of rotatable bonds is 2. The van der Waals surface area contributed by atoms with E-state index >= 15 is 0 Å². The summed E-state index contributed by atoms with van der Waals surface area (Å²) in [6.45, 7) is 3.76. The van der Waals surface area contributed by atoms with Crippen LogP contribution in [0.1, 0.15) is 58.9 Å². The first-order valence-corrected chi connectivity index (χ1v) is 9.97. The lowest BCUT2D eigenvalue weighted by atomic mass is 9.53. The van der Waals surface area contributed by atoms with Crippen LogP contribution in [0.15, 0.2) is 0 Å². The van der Waals surface area contributed by atoms with Crippen LogP contribution in [0.3, 0.4) is 0 Å². The van der Waals surface area contributed by atoms with E-state index in [0.29, 0.717) is 9.99 Å². The Morgan fingerprint density at radius 2 is 1.71 bits per heavy atom. The molecule has 0 atom stereocenters. The zero-order valence-corrected chi connectivity index (χ0v) is 15.8. The average Bonchev–Trinajstić information content (AvgIpc) is 2.81. The minimum absolute atomic E-state index is 0.153. The van der Waals surface area contributed by atoms with Gasteiger partial charge in [-0.25, -0.2) is 4.98 Å². The molecule has 5 nitrogen and oxygen atoms in total. The van der Waals surface area contributed by atoms with Gasteiger partial charge in [0.15, 0.2) is 5.11 Å². The number of aromatic nitrogens is 1. The molecule has 1 heterocycles. The van der Waals surface area contributed by atoms with Crippen LogP contribution in [0.25, 0.3) is 0 Å². The summed E-state index contributed by atoms with van der Waals surface area (Å²) < 4.78 is 0. The lowest BCUT2D eigenvalue weighted by Gasteiger charge is -2.57. The number of aryl methyl sites for hydroxylation is 2. The van der Waals surface area contributed by atoms with Crippen molar-refractivity contribution in [1.82, 2.24) is 21.2 Å². The average molecular weight is 365 g/mol. The van der Waals surface area contributed by atoms with E-state index in [0.717, 1.165) is 28.5 Å². The van der Waals surface area contributed by atoms with E-state index in [-0.39, 0.29) is 11.4 Å². The highest BCUT2D eigenvalue weighted by Gasteiger charge is 2.51. The molecule has 0 aromatic carbocycles. The number of nitrogens with one attached hydrogen (secondary N) is 3. The molecule has 130 valence electrons. The van der Waals surface area contributed by atoms with E-state index < -0.39 is 0 Å². The third-order valence-corrected chi connectivity index (χ3v) is 7.09. The molecule has 1 aromatic rings. The Morgan fingerprint density at radius 1 is 1.12 bits per heavy atom. The number of thiocarbonyl (C=S) groups is 1. The van der Waals surface area contributed by atoms with Crippen LogP contribution in [0, 0.1) is 31.6 Å². The maximum atomic E-state index is 12.3. The number of thiazole rings is 1. The molecule has 7 heteroatoms. The highest BCUT2D eigenvalue weighted by atomic mass is 32.1. The van der Waals surface area contributed by atoms with Gasteiger partial charge < -0.3 is 5.32 Å². The van der Waals surface area contributed by atoms with Crippen LogP contribution in [0.4, 0.5) is 0 Å². The van der Waals surface area contributed by atoms with E-state index in [1.54, 1.807) is 0 Å². The number of hydrogen-bond acceptors (Lipinski definition) is 4. The van der Waals surface area contributed by atoms with Gasteiger partial charge in [-0.3, -0.25) is 15.6 Å². The molecule has 3 N–H and O–H groups in total. The second-order valence-corrected chi connectivity index (χ2v) is 9.49. The maximum Gasteiger partial charge on any atom is 0.281 e. The van der Waals surface area contributed by atoms with Crippen molar-refractivity contribution in [2.75, 3.05) is 0 Å². The molecule has 0 spiro atoms. The van der Waals surface area contributed by atoms with Gasteiger partial charge in [0.1, 0.15) is 4.88 Å². The van der Waals surface area contributed by atoms with Gasteiger partial charge in [-0.1, -0.05) is 0 Å². The Bertz CT molecular complexity index is 649. The Kier molecular flexibility index (Phi) is 4.03. The monoisotopic (exact) mass is 364 g/mol. The Balaban J connectivity index is 1.34. The van der Waals surface area contributed by atoms with Gasteiger partial charge in [0, 0.05) is 5.54 Å². The van der Waals surface area contributed by atoms with E-state index in [1.165, 1.54) is 49.9 Å². The number of nitrogens with zero attached hydrogens (tertiary/aromatic N) is 1. The van der Waals surface area contributed by atoms with Crippen molar-refractivity contribution in [3.63, 3.8) is 0 Å². The van der Waals surface area contributed by atoms with Crippen molar-refractivity contribution in [3.05, 3.63) is 15.6 Å². The quantitative estimate of drug-likeness (QED) is 0.556. The van der Waals surface area contributed by atoms with Crippen LogP contribution in [-0.2, 0) is 0 Å². The Hall–Kier alpha value is -1.21. The molecule has 4 aliphatic rings. The summed E-state index contributed by atoms with van der Waals surface area (Å²) >= 11 is 6.85. The molecule has 0 unspecified atom stereocenters. The molecule has 1 aromatic heterocycles. The van der Waals surface area contributed by atoms with Crippen molar-refractivity contribution < 1.29 is 4.79 Å². The fraction of sp³-hybridized carbons (Fsp3) is 0.706. The van der Waals surface area contributed by atoms with Crippen molar-refractivity contribution in [3.8, 4) is 0 Å². The number of hydrogen-bond donors (Lipinski definition) is 3. The molecule has 0 aliphatic heterocycles. The normalized spacial score (nSPS) is 33.3. The van der Waals surface area contributed by atoms with Crippen LogP contribution in [0.5, 0.6) is 0 Å². The number of carbonyl (C=O) groups is 1.